The van der Waals surface area contributed by atoms with Gasteiger partial charge >= 0.3 is 0 Å². The second kappa shape index (κ2) is 5.54. The van der Waals surface area contributed by atoms with E-state index >= 15 is 0 Å². The minimum Gasteiger partial charge on any atom is -0.397 e. The van der Waals surface area contributed by atoms with Crippen molar-refractivity contribution in [2.24, 2.45) is 0 Å². The molecule has 0 atom stereocenters. The van der Waals surface area contributed by atoms with Crippen LogP contribution < -0.4 is 11.1 Å². The molecular weight excluding hydrogens is 264 g/mol. The minimum atomic E-state index is 0.494. The largest absolute Gasteiger partial charge is 0.397 e. The molecule has 0 radical (unpaired) electrons. The summed E-state index contributed by atoms with van der Waals surface area (Å²) in [6, 6.07) is 7.56. The van der Waals surface area contributed by atoms with Crippen LogP contribution in [0.15, 0.2) is 49.1 Å². The van der Waals surface area contributed by atoms with Crippen LogP contribution in [0.5, 0.6) is 0 Å². The summed E-state index contributed by atoms with van der Waals surface area (Å²) >= 11 is 0. The topological polar surface area (TPSA) is 89.6 Å². The zero-order valence-electron chi connectivity index (χ0n) is 11.5. The average Bonchev–Trinajstić information content (AvgIpc) is 2.48. The number of anilines is 3. The summed E-state index contributed by atoms with van der Waals surface area (Å²) in [6.07, 6.45) is 6.77. The smallest absolute Gasteiger partial charge is 0.228 e. The number of nitrogen functional groups attached to an aromatic ring is 1. The van der Waals surface area contributed by atoms with Crippen LogP contribution in [0.2, 0.25) is 0 Å². The predicted octanol–water partition coefficient (Wildman–Crippen LogP) is 2.57. The molecule has 0 aliphatic carbocycles. The van der Waals surface area contributed by atoms with E-state index in [1.165, 1.54) is 0 Å². The molecule has 104 valence electrons. The fraction of sp³-hybridized carbons (Fsp3) is 0.0667. The molecule has 3 N–H and O–H groups in total. The molecular formula is C15H14N6. The van der Waals surface area contributed by atoms with Crippen molar-refractivity contribution in [1.29, 1.82) is 0 Å². The zero-order chi connectivity index (χ0) is 14.7. The molecule has 21 heavy (non-hydrogen) atoms. The molecule has 3 aromatic rings. The summed E-state index contributed by atoms with van der Waals surface area (Å²) in [5.74, 6) is 1.21. The van der Waals surface area contributed by atoms with Crippen LogP contribution in [0.4, 0.5) is 17.5 Å². The lowest BCUT2D eigenvalue weighted by Crippen LogP contribution is -1.99. The van der Waals surface area contributed by atoms with Gasteiger partial charge in [-0.2, -0.15) is 0 Å². The van der Waals surface area contributed by atoms with E-state index < -0.39 is 0 Å². The number of hydrogen-bond donors (Lipinski definition) is 2. The highest BCUT2D eigenvalue weighted by Crippen LogP contribution is 2.19. The Hall–Kier alpha value is -3.02. The number of nitrogens with one attached hydrogen (secondary N) is 1. The van der Waals surface area contributed by atoms with Gasteiger partial charge in [0.1, 0.15) is 5.82 Å². The van der Waals surface area contributed by atoms with Gasteiger partial charge < -0.3 is 11.1 Å². The summed E-state index contributed by atoms with van der Waals surface area (Å²) in [4.78, 5) is 17.0. The SMILES string of the molecule is Cc1cccc(Nc2ncc(-c3cncc(N)c3)cn2)n1. The fourth-order valence-electron chi connectivity index (χ4n) is 1.88. The highest BCUT2D eigenvalue weighted by atomic mass is 15.1. The minimum absolute atomic E-state index is 0.494. The van der Waals surface area contributed by atoms with Crippen LogP contribution in [-0.4, -0.2) is 19.9 Å². The van der Waals surface area contributed by atoms with Gasteiger partial charge in [0.05, 0.1) is 5.69 Å². The zero-order valence-corrected chi connectivity index (χ0v) is 11.5. The summed E-state index contributed by atoms with van der Waals surface area (Å²) in [6.45, 7) is 1.93. The van der Waals surface area contributed by atoms with E-state index in [1.807, 2.05) is 31.2 Å². The Balaban J connectivity index is 1.81. The quantitative estimate of drug-likeness (QED) is 0.765. The average molecular weight is 278 g/mol. The first-order valence-corrected chi connectivity index (χ1v) is 6.44. The lowest BCUT2D eigenvalue weighted by atomic mass is 10.1. The van der Waals surface area contributed by atoms with Crippen molar-refractivity contribution in [3.8, 4) is 11.1 Å². The van der Waals surface area contributed by atoms with Crippen molar-refractivity contribution in [2.45, 2.75) is 6.92 Å². The van der Waals surface area contributed by atoms with Crippen molar-refractivity contribution < 1.29 is 0 Å². The summed E-state index contributed by atoms with van der Waals surface area (Å²) in [5, 5.41) is 3.06. The molecule has 6 heteroatoms. The maximum absolute atomic E-state index is 5.72. The van der Waals surface area contributed by atoms with Gasteiger partial charge in [-0.15, -0.1) is 0 Å². The van der Waals surface area contributed by atoms with E-state index in [9.17, 15) is 0 Å². The van der Waals surface area contributed by atoms with E-state index in [0.717, 1.165) is 16.8 Å². The highest BCUT2D eigenvalue weighted by molar-refractivity contribution is 5.65. The normalized spacial score (nSPS) is 10.3. The molecule has 0 saturated heterocycles. The van der Waals surface area contributed by atoms with Crippen molar-refractivity contribution >= 4 is 17.5 Å². The van der Waals surface area contributed by atoms with E-state index in [-0.39, 0.29) is 0 Å². The van der Waals surface area contributed by atoms with Gasteiger partial charge in [-0.3, -0.25) is 4.98 Å². The standard InChI is InChI=1S/C15H14N6/c1-10-3-2-4-14(20-10)21-15-18-7-12(8-19-15)11-5-13(16)9-17-6-11/h2-9H,16H2,1H3,(H,18,19,20,21). The Morgan fingerprint density at radius 1 is 1.00 bits per heavy atom. The molecule has 0 bridgehead atoms. The second-order valence-corrected chi connectivity index (χ2v) is 4.59. The van der Waals surface area contributed by atoms with Gasteiger partial charge in [-0.1, -0.05) is 6.07 Å². The fourth-order valence-corrected chi connectivity index (χ4v) is 1.88. The first-order chi connectivity index (χ1) is 10.2. The molecule has 0 aromatic carbocycles. The Morgan fingerprint density at radius 3 is 2.52 bits per heavy atom. The Labute approximate surface area is 122 Å². The number of rotatable bonds is 3. The maximum atomic E-state index is 5.72. The van der Waals surface area contributed by atoms with E-state index in [2.05, 4.69) is 25.3 Å². The molecule has 3 heterocycles. The molecule has 0 amide bonds. The molecule has 0 fully saturated rings. The Bertz CT molecular complexity index is 754. The number of nitrogens with zero attached hydrogens (tertiary/aromatic N) is 4. The van der Waals surface area contributed by atoms with E-state index in [0.29, 0.717) is 17.5 Å². The van der Waals surface area contributed by atoms with Crippen LogP contribution in [0.1, 0.15) is 5.69 Å². The molecule has 3 aromatic heterocycles. The van der Waals surface area contributed by atoms with E-state index in [1.54, 1.807) is 24.8 Å². The van der Waals surface area contributed by atoms with Gasteiger partial charge in [0.25, 0.3) is 0 Å². The van der Waals surface area contributed by atoms with Crippen molar-refractivity contribution in [2.75, 3.05) is 11.1 Å². The van der Waals surface area contributed by atoms with E-state index in [4.69, 9.17) is 5.73 Å². The third-order valence-electron chi connectivity index (χ3n) is 2.87. The van der Waals surface area contributed by atoms with Gasteiger partial charge in [0, 0.05) is 41.6 Å². The summed E-state index contributed by atoms with van der Waals surface area (Å²) < 4.78 is 0. The number of aromatic nitrogens is 4. The predicted molar refractivity (Wildman–Crippen MR) is 81.9 cm³/mol. The number of aryl methyl sites for hydroxylation is 1. The third-order valence-corrected chi connectivity index (χ3v) is 2.87. The van der Waals surface area contributed by atoms with Gasteiger partial charge in [0.15, 0.2) is 0 Å². The molecule has 0 unspecified atom stereocenters. The molecule has 0 aliphatic rings. The van der Waals surface area contributed by atoms with Crippen LogP contribution in [0.3, 0.4) is 0 Å². The molecule has 0 aliphatic heterocycles. The number of nitrogens with two attached hydrogens (primary N) is 1. The van der Waals surface area contributed by atoms with Gasteiger partial charge in [-0.25, -0.2) is 15.0 Å². The maximum Gasteiger partial charge on any atom is 0.228 e. The van der Waals surface area contributed by atoms with Crippen LogP contribution in [0.25, 0.3) is 11.1 Å². The van der Waals surface area contributed by atoms with Gasteiger partial charge in [-0.05, 0) is 25.1 Å². The summed E-state index contributed by atoms with van der Waals surface area (Å²) in [7, 11) is 0. The van der Waals surface area contributed by atoms with Crippen molar-refractivity contribution in [1.82, 2.24) is 19.9 Å². The molecule has 0 saturated carbocycles. The lowest BCUT2D eigenvalue weighted by Gasteiger charge is -2.06. The Kier molecular flexibility index (Phi) is 3.42. The van der Waals surface area contributed by atoms with Crippen LogP contribution in [-0.2, 0) is 0 Å². The Morgan fingerprint density at radius 2 is 1.81 bits per heavy atom. The van der Waals surface area contributed by atoms with Crippen LogP contribution in [0, 0.1) is 6.92 Å². The summed E-state index contributed by atoms with van der Waals surface area (Å²) in [5.41, 5.74) is 9.00. The second-order valence-electron chi connectivity index (χ2n) is 4.59. The van der Waals surface area contributed by atoms with Crippen LogP contribution >= 0.6 is 0 Å². The number of pyridine rings is 2. The number of hydrogen-bond acceptors (Lipinski definition) is 6. The van der Waals surface area contributed by atoms with Gasteiger partial charge in [0.2, 0.25) is 5.95 Å². The first-order valence-electron chi connectivity index (χ1n) is 6.44. The molecule has 0 spiro atoms. The first kappa shape index (κ1) is 13.0. The lowest BCUT2D eigenvalue weighted by molar-refractivity contribution is 1.13. The molecule has 6 nitrogen and oxygen atoms in total. The third kappa shape index (κ3) is 3.11. The molecule has 3 rings (SSSR count). The van der Waals surface area contributed by atoms with Crippen molar-refractivity contribution in [3.63, 3.8) is 0 Å². The van der Waals surface area contributed by atoms with Crippen molar-refractivity contribution in [3.05, 3.63) is 54.7 Å². The highest BCUT2D eigenvalue weighted by Gasteiger charge is 2.03. The monoisotopic (exact) mass is 278 g/mol.